The normalized spacial score (nSPS) is 16.2. The number of hydrogen-bond donors (Lipinski definition) is 2. The summed E-state index contributed by atoms with van der Waals surface area (Å²) in [5, 5.41) is 13.7. The number of anilines is 4. The molecular formula is C35H36N6O5. The Morgan fingerprint density at radius 2 is 1.80 bits per heavy atom. The van der Waals surface area contributed by atoms with Crippen LogP contribution in [0.2, 0.25) is 0 Å². The van der Waals surface area contributed by atoms with Crippen molar-refractivity contribution in [1.29, 1.82) is 0 Å². The molecule has 0 radical (unpaired) electrons. The summed E-state index contributed by atoms with van der Waals surface area (Å²) in [5.74, 6) is 0.218. The summed E-state index contributed by atoms with van der Waals surface area (Å²) in [6.45, 7) is 4.42. The highest BCUT2D eigenvalue weighted by Crippen LogP contribution is 2.36. The number of ether oxygens (including phenoxy) is 1. The molecule has 7 rings (SSSR count). The van der Waals surface area contributed by atoms with Gasteiger partial charge in [-0.3, -0.25) is 14.4 Å². The van der Waals surface area contributed by atoms with E-state index in [0.29, 0.717) is 72.2 Å². The third kappa shape index (κ3) is 5.52. The van der Waals surface area contributed by atoms with Crippen LogP contribution < -0.4 is 20.7 Å². The van der Waals surface area contributed by atoms with Crippen LogP contribution in [0.3, 0.4) is 0 Å². The van der Waals surface area contributed by atoms with Crippen molar-refractivity contribution in [2.24, 2.45) is 7.05 Å². The zero-order chi connectivity index (χ0) is 31.8. The van der Waals surface area contributed by atoms with Crippen molar-refractivity contribution in [2.75, 3.05) is 61.1 Å². The summed E-state index contributed by atoms with van der Waals surface area (Å²) in [5.41, 5.74) is 6.04. The minimum atomic E-state index is -0.290. The van der Waals surface area contributed by atoms with E-state index < -0.39 is 0 Å². The highest BCUT2D eigenvalue weighted by Gasteiger charge is 2.29. The molecule has 0 atom stereocenters. The van der Waals surface area contributed by atoms with Gasteiger partial charge in [0, 0.05) is 74.5 Å². The molecule has 2 fully saturated rings. The second-order valence-corrected chi connectivity index (χ2v) is 11.9. The number of carbonyl (C=O) groups is 2. The minimum Gasteiger partial charge on any atom is -0.392 e. The van der Waals surface area contributed by atoms with Gasteiger partial charge in [-0.25, -0.2) is 4.98 Å². The van der Waals surface area contributed by atoms with Gasteiger partial charge in [0.2, 0.25) is 0 Å². The first-order valence-electron chi connectivity index (χ1n) is 15.6. The lowest BCUT2D eigenvalue weighted by Gasteiger charge is -2.35. The molecule has 0 aliphatic carbocycles. The third-order valence-corrected chi connectivity index (χ3v) is 9.06. The Balaban J connectivity index is 1.15. The van der Waals surface area contributed by atoms with Gasteiger partial charge in [-0.1, -0.05) is 12.1 Å². The number of amides is 2. The van der Waals surface area contributed by atoms with Crippen LogP contribution in [0.5, 0.6) is 0 Å². The van der Waals surface area contributed by atoms with E-state index in [9.17, 15) is 19.5 Å². The van der Waals surface area contributed by atoms with Crippen LogP contribution in [0.15, 0.2) is 71.8 Å². The van der Waals surface area contributed by atoms with Gasteiger partial charge < -0.3 is 34.4 Å². The molecule has 4 aromatic rings. The fourth-order valence-corrected chi connectivity index (χ4v) is 6.37. The van der Waals surface area contributed by atoms with Crippen molar-refractivity contribution < 1.29 is 19.4 Å². The average molecular weight is 621 g/mol. The van der Waals surface area contributed by atoms with E-state index in [4.69, 9.17) is 4.74 Å². The molecule has 11 heteroatoms. The Hall–Kier alpha value is -5.00. The standard InChI is InChI=1S/C35H36N6O5/c1-38-21-25(19-30(35(38)45)37-32-9-6-24(20-36-32)33(43)40-14-16-46-17-15-40)27-4-2-5-31(29(27)22-42)41-13-10-23-18-26(39-11-3-12-39)7-8-28(23)34(41)44/h2,4-9,18-21,42H,3,10-17,22H2,1H3,(H,36,37). The molecule has 3 aliphatic rings. The molecule has 46 heavy (non-hydrogen) atoms. The fourth-order valence-electron chi connectivity index (χ4n) is 6.37. The number of fused-ring (bicyclic) bond motifs is 1. The lowest BCUT2D eigenvalue weighted by Crippen LogP contribution is -2.40. The Labute approximate surface area is 266 Å². The molecule has 2 amide bonds. The Kier molecular flexibility index (Phi) is 8.02. The maximum Gasteiger partial charge on any atom is 0.274 e. The first-order chi connectivity index (χ1) is 22.4. The second-order valence-electron chi connectivity index (χ2n) is 11.9. The van der Waals surface area contributed by atoms with Crippen molar-refractivity contribution in [3.63, 3.8) is 0 Å². The van der Waals surface area contributed by atoms with Crippen LogP contribution >= 0.6 is 0 Å². The van der Waals surface area contributed by atoms with Gasteiger partial charge in [-0.15, -0.1) is 0 Å². The van der Waals surface area contributed by atoms with Crippen LogP contribution in [0.4, 0.5) is 22.9 Å². The molecule has 0 unspecified atom stereocenters. The van der Waals surface area contributed by atoms with E-state index in [1.165, 1.54) is 17.2 Å². The van der Waals surface area contributed by atoms with E-state index in [2.05, 4.69) is 21.3 Å². The fraction of sp³-hybridized carbons (Fsp3) is 0.314. The Morgan fingerprint density at radius 1 is 0.978 bits per heavy atom. The Bertz CT molecular complexity index is 1860. The number of rotatable bonds is 7. The van der Waals surface area contributed by atoms with Gasteiger partial charge in [0.15, 0.2) is 0 Å². The first kappa shape index (κ1) is 29.7. The highest BCUT2D eigenvalue weighted by atomic mass is 16.5. The minimum absolute atomic E-state index is 0.0901. The maximum absolute atomic E-state index is 13.7. The van der Waals surface area contributed by atoms with E-state index in [1.807, 2.05) is 30.3 Å². The molecule has 0 spiro atoms. The first-order valence-corrected chi connectivity index (χ1v) is 15.6. The summed E-state index contributed by atoms with van der Waals surface area (Å²) in [7, 11) is 1.66. The largest absolute Gasteiger partial charge is 0.392 e. The van der Waals surface area contributed by atoms with Gasteiger partial charge in [0.1, 0.15) is 11.5 Å². The number of aliphatic hydroxyl groups excluding tert-OH is 1. The quantitative estimate of drug-likeness (QED) is 0.322. The van der Waals surface area contributed by atoms with Crippen LogP contribution in [-0.2, 0) is 24.8 Å². The lowest BCUT2D eigenvalue weighted by atomic mass is 9.94. The summed E-state index contributed by atoms with van der Waals surface area (Å²) in [6, 6.07) is 16.8. The molecule has 0 bridgehead atoms. The average Bonchev–Trinajstić information content (AvgIpc) is 3.06. The molecule has 11 nitrogen and oxygen atoms in total. The molecule has 3 aliphatic heterocycles. The number of carbonyl (C=O) groups excluding carboxylic acids is 2. The van der Waals surface area contributed by atoms with Crippen molar-refractivity contribution >= 4 is 34.7 Å². The summed E-state index contributed by atoms with van der Waals surface area (Å²) < 4.78 is 6.81. The summed E-state index contributed by atoms with van der Waals surface area (Å²) in [4.78, 5) is 49.9. The van der Waals surface area contributed by atoms with E-state index >= 15 is 0 Å². The third-order valence-electron chi connectivity index (χ3n) is 9.06. The number of aromatic nitrogens is 2. The van der Waals surface area contributed by atoms with Gasteiger partial charge in [0.05, 0.1) is 31.1 Å². The number of hydrogen-bond acceptors (Lipinski definition) is 8. The van der Waals surface area contributed by atoms with Crippen molar-refractivity contribution in [3.05, 3.63) is 99.6 Å². The number of aryl methyl sites for hydroxylation is 1. The van der Waals surface area contributed by atoms with Gasteiger partial charge in [-0.2, -0.15) is 0 Å². The van der Waals surface area contributed by atoms with Crippen LogP contribution in [0, 0.1) is 0 Å². The van der Waals surface area contributed by atoms with Crippen molar-refractivity contribution in [3.8, 4) is 11.1 Å². The number of morpholine rings is 1. The van der Waals surface area contributed by atoms with Gasteiger partial charge in [-0.05, 0) is 66.4 Å². The monoisotopic (exact) mass is 620 g/mol. The molecule has 2 saturated heterocycles. The molecule has 0 saturated carbocycles. The van der Waals surface area contributed by atoms with Crippen LogP contribution in [0.1, 0.15) is 38.3 Å². The van der Waals surface area contributed by atoms with E-state index in [-0.39, 0.29) is 29.7 Å². The van der Waals surface area contributed by atoms with E-state index in [1.54, 1.807) is 41.2 Å². The highest BCUT2D eigenvalue weighted by molar-refractivity contribution is 6.09. The molecule has 2 N–H and O–H groups in total. The molecule has 2 aromatic carbocycles. The smallest absolute Gasteiger partial charge is 0.274 e. The van der Waals surface area contributed by atoms with Gasteiger partial charge in [0.25, 0.3) is 17.4 Å². The number of aliphatic hydroxyl groups is 1. The number of nitrogens with one attached hydrogen (secondary N) is 1. The molecule has 2 aromatic heterocycles. The van der Waals surface area contributed by atoms with E-state index in [0.717, 1.165) is 30.8 Å². The van der Waals surface area contributed by atoms with Crippen molar-refractivity contribution in [2.45, 2.75) is 19.4 Å². The topological polar surface area (TPSA) is 120 Å². The zero-order valence-electron chi connectivity index (χ0n) is 25.7. The predicted octanol–water partition coefficient (Wildman–Crippen LogP) is 3.57. The molecular weight excluding hydrogens is 584 g/mol. The molecule has 236 valence electrons. The number of benzene rings is 2. The zero-order valence-corrected chi connectivity index (χ0v) is 25.7. The van der Waals surface area contributed by atoms with Crippen LogP contribution in [0.25, 0.3) is 11.1 Å². The van der Waals surface area contributed by atoms with Crippen LogP contribution in [-0.4, -0.2) is 77.3 Å². The number of nitrogens with zero attached hydrogens (tertiary/aromatic N) is 5. The maximum atomic E-state index is 13.7. The SMILES string of the molecule is Cn1cc(-c2cccc(N3CCc4cc(N5CCC5)ccc4C3=O)c2CO)cc(Nc2ccc(C(=O)N3CCOCC3)cn2)c1=O. The predicted molar refractivity (Wildman–Crippen MR) is 176 cm³/mol. The summed E-state index contributed by atoms with van der Waals surface area (Å²) >= 11 is 0. The molecule has 5 heterocycles. The number of pyridine rings is 2. The van der Waals surface area contributed by atoms with Gasteiger partial charge >= 0.3 is 0 Å². The second kappa shape index (κ2) is 12.4. The lowest BCUT2D eigenvalue weighted by molar-refractivity contribution is 0.0302. The van der Waals surface area contributed by atoms with Crippen molar-refractivity contribution in [1.82, 2.24) is 14.5 Å². The summed E-state index contributed by atoms with van der Waals surface area (Å²) in [6.07, 6.45) is 5.13. The Morgan fingerprint density at radius 3 is 2.52 bits per heavy atom.